The number of methoxy groups -OCH3 is 1. The molecule has 4 N–H and O–H groups in total. The Balaban J connectivity index is 1.43. The normalized spacial score (nSPS) is 14.8. The number of hydrogen-bond donors (Lipinski definition) is 3. The van der Waals surface area contributed by atoms with Gasteiger partial charge in [-0.2, -0.15) is 4.98 Å². The molecular weight excluding hydrogens is 619 g/mol. The number of aromatic nitrogens is 4. The number of hydrogen-bond acceptors (Lipinski definition) is 13. The average Bonchev–Trinajstić information content (AvgIpc) is 3.52. The van der Waals surface area contributed by atoms with Gasteiger partial charge in [0.25, 0.3) is 0 Å². The van der Waals surface area contributed by atoms with Crippen LogP contribution in [-0.2, 0) is 4.57 Å². The summed E-state index contributed by atoms with van der Waals surface area (Å²) in [7, 11) is 2.73. The lowest BCUT2D eigenvalue weighted by Crippen LogP contribution is -2.44. The maximum atomic E-state index is 13.6. The summed E-state index contributed by atoms with van der Waals surface area (Å²) in [6, 6.07) is 9.75. The Labute approximate surface area is 271 Å². The highest BCUT2D eigenvalue weighted by atomic mass is 32.1. The summed E-state index contributed by atoms with van der Waals surface area (Å²) in [4.78, 5) is 28.4. The molecule has 0 atom stereocenters. The van der Waals surface area contributed by atoms with E-state index in [4.69, 9.17) is 20.4 Å². The number of nitrogens with zero attached hydrogens (tertiary/aromatic N) is 7. The first kappa shape index (κ1) is 31.4. The second-order valence-electron chi connectivity index (χ2n) is 11.4. The number of allylic oxidation sites excluding steroid dienone is 1. The molecule has 0 spiro atoms. The van der Waals surface area contributed by atoms with Crippen molar-refractivity contribution in [1.82, 2.24) is 24.8 Å². The van der Waals surface area contributed by atoms with E-state index in [1.54, 1.807) is 52.3 Å². The molecule has 238 valence electrons. The molecule has 1 saturated heterocycles. The number of nitrogens with one attached hydrogen (secondary N) is 2. The Hall–Kier alpha value is -4.58. The van der Waals surface area contributed by atoms with Crippen molar-refractivity contribution in [3.63, 3.8) is 0 Å². The van der Waals surface area contributed by atoms with Crippen molar-refractivity contribution >= 4 is 85.6 Å². The summed E-state index contributed by atoms with van der Waals surface area (Å²) in [6.45, 7) is 7.12. The summed E-state index contributed by atoms with van der Waals surface area (Å²) < 4.78 is 19.5. The van der Waals surface area contributed by atoms with E-state index in [1.165, 1.54) is 11.3 Å². The van der Waals surface area contributed by atoms with Gasteiger partial charge in [-0.05, 0) is 50.0 Å². The molecule has 0 unspecified atom stereocenters. The minimum absolute atomic E-state index is 0.370. The first-order chi connectivity index (χ1) is 22.2. The van der Waals surface area contributed by atoms with Gasteiger partial charge in [0.05, 0.1) is 34.7 Å². The van der Waals surface area contributed by atoms with Gasteiger partial charge in [-0.1, -0.05) is 0 Å². The van der Waals surface area contributed by atoms with Gasteiger partial charge in [0.2, 0.25) is 5.95 Å². The number of likely N-dealkylation sites (N-methyl/N-ethyl adjacent to an activating group) is 1. The van der Waals surface area contributed by atoms with Crippen molar-refractivity contribution in [2.24, 2.45) is 10.7 Å². The Bertz CT molecular complexity index is 2010. The topological polar surface area (TPSA) is 147 Å². The standard InChI is InChI=1S/C32H37N10O2PS/c1-34-19-20(18-33)22-16-25(27(44-3)17-26(22)42-13-11-41(2)12-14-42)38-32-39-30(21-8-15-46-31(21)40-32)37-24-7-6-23-28(36-10-9-35-23)29(24)45(4,5)43/h6-10,15-19H,11-14,33H2,1-5H3,(H2,37,38,39,40). The molecule has 2 aromatic carbocycles. The minimum atomic E-state index is -2.78. The summed E-state index contributed by atoms with van der Waals surface area (Å²) in [5.74, 6) is 1.58. The number of fused-ring (bicyclic) bond motifs is 2. The largest absolute Gasteiger partial charge is 0.494 e. The molecule has 14 heteroatoms. The van der Waals surface area contributed by atoms with E-state index >= 15 is 0 Å². The third-order valence-electron chi connectivity index (χ3n) is 7.90. The number of ether oxygens (including phenoxy) is 1. The fraction of sp³-hybridized carbons (Fsp3) is 0.281. The second-order valence-corrected chi connectivity index (χ2v) is 15.4. The molecular formula is C32H37N10O2PS. The lowest BCUT2D eigenvalue weighted by Gasteiger charge is -2.35. The fourth-order valence-corrected chi connectivity index (χ4v) is 7.80. The maximum absolute atomic E-state index is 13.6. The number of thiophene rings is 1. The van der Waals surface area contributed by atoms with Crippen LogP contribution in [-0.4, -0.2) is 91.8 Å². The molecule has 1 fully saturated rings. The van der Waals surface area contributed by atoms with Gasteiger partial charge in [0, 0.05) is 80.9 Å². The zero-order chi connectivity index (χ0) is 32.4. The molecule has 0 radical (unpaired) electrons. The molecule has 4 heterocycles. The quantitative estimate of drug-likeness (QED) is 0.143. The summed E-state index contributed by atoms with van der Waals surface area (Å²) >= 11 is 1.51. The fourth-order valence-electron chi connectivity index (χ4n) is 5.64. The summed E-state index contributed by atoms with van der Waals surface area (Å²) in [5, 5.41) is 10.3. The maximum Gasteiger partial charge on any atom is 0.230 e. The van der Waals surface area contributed by atoms with Crippen LogP contribution in [0.1, 0.15) is 5.56 Å². The Morgan fingerprint density at radius 1 is 1.07 bits per heavy atom. The third kappa shape index (κ3) is 6.26. The van der Waals surface area contributed by atoms with Gasteiger partial charge in [-0.25, -0.2) is 4.98 Å². The second kappa shape index (κ2) is 13.0. The minimum Gasteiger partial charge on any atom is -0.494 e. The highest BCUT2D eigenvalue weighted by Crippen LogP contribution is 2.42. The predicted octanol–water partition coefficient (Wildman–Crippen LogP) is 5.13. The number of piperazine rings is 1. The van der Waals surface area contributed by atoms with Gasteiger partial charge in [0.1, 0.15) is 29.1 Å². The van der Waals surface area contributed by atoms with Crippen LogP contribution in [0.3, 0.4) is 0 Å². The van der Waals surface area contributed by atoms with Crippen molar-refractivity contribution in [1.29, 1.82) is 0 Å². The molecule has 1 aliphatic heterocycles. The third-order valence-corrected chi connectivity index (χ3v) is 10.2. The van der Waals surface area contributed by atoms with Crippen molar-refractivity contribution < 1.29 is 9.30 Å². The first-order valence-corrected chi connectivity index (χ1v) is 18.3. The predicted molar refractivity (Wildman–Crippen MR) is 192 cm³/mol. The molecule has 0 aliphatic carbocycles. The van der Waals surface area contributed by atoms with Crippen LogP contribution in [0, 0.1) is 0 Å². The van der Waals surface area contributed by atoms with Crippen LogP contribution in [0.4, 0.5) is 28.8 Å². The van der Waals surface area contributed by atoms with Crippen LogP contribution >= 0.6 is 18.5 Å². The zero-order valence-corrected chi connectivity index (χ0v) is 28.2. The van der Waals surface area contributed by atoms with Crippen molar-refractivity contribution in [3.05, 3.63) is 59.9 Å². The van der Waals surface area contributed by atoms with Crippen LogP contribution in [0.25, 0.3) is 26.8 Å². The van der Waals surface area contributed by atoms with Gasteiger partial charge >= 0.3 is 0 Å². The van der Waals surface area contributed by atoms with E-state index in [1.807, 2.05) is 35.7 Å². The van der Waals surface area contributed by atoms with Gasteiger partial charge < -0.3 is 35.5 Å². The van der Waals surface area contributed by atoms with Gasteiger partial charge in [0.15, 0.2) is 0 Å². The number of aliphatic imine (C=N–C) groups is 1. The smallest absolute Gasteiger partial charge is 0.230 e. The molecule has 3 aromatic heterocycles. The van der Waals surface area contributed by atoms with Crippen LogP contribution in [0.2, 0.25) is 0 Å². The van der Waals surface area contributed by atoms with E-state index in [0.717, 1.165) is 53.2 Å². The first-order valence-electron chi connectivity index (χ1n) is 14.8. The average molecular weight is 657 g/mol. The zero-order valence-electron chi connectivity index (χ0n) is 26.5. The van der Waals surface area contributed by atoms with E-state index < -0.39 is 7.14 Å². The molecule has 0 bridgehead atoms. The lowest BCUT2D eigenvalue weighted by atomic mass is 10.0. The van der Waals surface area contributed by atoms with Crippen molar-refractivity contribution in [2.45, 2.75) is 0 Å². The van der Waals surface area contributed by atoms with Crippen molar-refractivity contribution in [3.8, 4) is 5.75 Å². The number of benzene rings is 2. The van der Waals surface area contributed by atoms with Crippen molar-refractivity contribution in [2.75, 3.05) is 76.2 Å². The molecule has 0 saturated carbocycles. The highest BCUT2D eigenvalue weighted by molar-refractivity contribution is 7.71. The molecule has 0 amide bonds. The number of anilines is 5. The van der Waals surface area contributed by atoms with Gasteiger partial charge in [-0.3, -0.25) is 15.0 Å². The van der Waals surface area contributed by atoms with E-state index in [0.29, 0.717) is 45.2 Å². The molecule has 46 heavy (non-hydrogen) atoms. The molecule has 12 nitrogen and oxygen atoms in total. The summed E-state index contributed by atoms with van der Waals surface area (Å²) in [6.07, 6.45) is 6.57. The number of rotatable bonds is 9. The van der Waals surface area contributed by atoms with Gasteiger partial charge in [-0.15, -0.1) is 11.3 Å². The Morgan fingerprint density at radius 3 is 2.57 bits per heavy atom. The summed E-state index contributed by atoms with van der Waals surface area (Å²) in [5.41, 5.74) is 11.4. The highest BCUT2D eigenvalue weighted by Gasteiger charge is 2.24. The van der Waals surface area contributed by atoms with Crippen LogP contribution in [0.5, 0.6) is 5.75 Å². The van der Waals surface area contributed by atoms with E-state index in [2.05, 4.69) is 42.4 Å². The monoisotopic (exact) mass is 656 g/mol. The molecule has 5 aromatic rings. The van der Waals surface area contributed by atoms with E-state index in [-0.39, 0.29) is 0 Å². The molecule has 6 rings (SSSR count). The lowest BCUT2D eigenvalue weighted by molar-refractivity contribution is 0.312. The van der Waals surface area contributed by atoms with E-state index in [9.17, 15) is 4.57 Å². The Morgan fingerprint density at radius 2 is 1.85 bits per heavy atom. The van der Waals surface area contributed by atoms with Crippen LogP contribution < -0.4 is 31.3 Å². The Kier molecular flexibility index (Phi) is 8.90. The number of nitrogens with two attached hydrogens (primary N) is 1. The molecule has 1 aliphatic rings. The van der Waals surface area contributed by atoms with Crippen LogP contribution in [0.15, 0.2) is 59.3 Å². The SMILES string of the molecule is CN=CC(=CN)c1cc(Nc2nc(Nc3ccc4nccnc4c3P(C)(C)=O)c3ccsc3n2)c(OC)cc1N1CCN(C)CC1.